The Hall–Kier alpha value is -4.02. The average molecular weight is 507 g/mol. The van der Waals surface area contributed by atoms with Crippen molar-refractivity contribution in [2.45, 2.75) is 38.1 Å². The number of benzene rings is 2. The standard InChI is InChI=1S/C27H34N6O4/c1-27(2,28)26(36)30-21(17-37-16-19-11-7-5-8-12-19)24(34)31-22-15-33(18-29-22)23(25(35)32(3)4)20-13-9-6-10-14-20/h5-15,18,21,23H,16-17,28H2,1-4H3,(H,30,36)(H,31,34). The largest absolute Gasteiger partial charge is 0.374 e. The predicted molar refractivity (Wildman–Crippen MR) is 140 cm³/mol. The van der Waals surface area contributed by atoms with E-state index in [2.05, 4.69) is 15.6 Å². The number of nitrogens with zero attached hydrogens (tertiary/aromatic N) is 3. The molecule has 0 fully saturated rings. The summed E-state index contributed by atoms with van der Waals surface area (Å²) >= 11 is 0. The van der Waals surface area contributed by atoms with Gasteiger partial charge in [0.25, 0.3) is 5.91 Å². The lowest BCUT2D eigenvalue weighted by Gasteiger charge is -2.23. The maximum absolute atomic E-state index is 13.1. The lowest BCUT2D eigenvalue weighted by Crippen LogP contribution is -2.56. The van der Waals surface area contributed by atoms with Crippen molar-refractivity contribution in [3.05, 3.63) is 84.3 Å². The van der Waals surface area contributed by atoms with E-state index in [-0.39, 0.29) is 24.9 Å². The van der Waals surface area contributed by atoms with E-state index in [1.54, 1.807) is 38.7 Å². The van der Waals surface area contributed by atoms with Crippen molar-refractivity contribution in [1.82, 2.24) is 19.8 Å². The van der Waals surface area contributed by atoms with Crippen molar-refractivity contribution in [2.75, 3.05) is 26.0 Å². The first-order chi connectivity index (χ1) is 17.6. The van der Waals surface area contributed by atoms with Gasteiger partial charge in [0, 0.05) is 20.3 Å². The highest BCUT2D eigenvalue weighted by Crippen LogP contribution is 2.22. The summed E-state index contributed by atoms with van der Waals surface area (Å²) in [6, 6.07) is 17.1. The van der Waals surface area contributed by atoms with Gasteiger partial charge >= 0.3 is 0 Å². The van der Waals surface area contributed by atoms with Crippen LogP contribution in [0.1, 0.15) is 31.0 Å². The van der Waals surface area contributed by atoms with Crippen molar-refractivity contribution in [3.8, 4) is 0 Å². The zero-order valence-corrected chi connectivity index (χ0v) is 21.5. The molecule has 37 heavy (non-hydrogen) atoms. The lowest BCUT2D eigenvalue weighted by atomic mass is 10.1. The Morgan fingerprint density at radius 1 is 1.05 bits per heavy atom. The van der Waals surface area contributed by atoms with Crippen LogP contribution in [0.25, 0.3) is 0 Å². The van der Waals surface area contributed by atoms with Gasteiger partial charge in [-0.25, -0.2) is 4.98 Å². The van der Waals surface area contributed by atoms with Crippen LogP contribution in [0.15, 0.2) is 73.2 Å². The summed E-state index contributed by atoms with van der Waals surface area (Å²) in [6.07, 6.45) is 3.06. The highest BCUT2D eigenvalue weighted by Gasteiger charge is 2.29. The van der Waals surface area contributed by atoms with Gasteiger partial charge < -0.3 is 30.6 Å². The summed E-state index contributed by atoms with van der Waals surface area (Å²) in [4.78, 5) is 44.4. The third kappa shape index (κ3) is 7.73. The fourth-order valence-electron chi connectivity index (χ4n) is 3.47. The van der Waals surface area contributed by atoms with E-state index in [1.807, 2.05) is 60.7 Å². The number of amides is 3. The number of imidazole rings is 1. The van der Waals surface area contributed by atoms with Gasteiger partial charge in [0.15, 0.2) is 5.82 Å². The predicted octanol–water partition coefficient (Wildman–Crippen LogP) is 1.94. The normalized spacial score (nSPS) is 12.9. The zero-order chi connectivity index (χ0) is 27.0. The molecule has 3 amide bonds. The Kier molecular flexibility index (Phi) is 9.15. The van der Waals surface area contributed by atoms with Crippen LogP contribution in [0, 0.1) is 0 Å². The Morgan fingerprint density at radius 3 is 2.27 bits per heavy atom. The van der Waals surface area contributed by atoms with E-state index < -0.39 is 29.4 Å². The van der Waals surface area contributed by atoms with E-state index in [0.717, 1.165) is 11.1 Å². The summed E-state index contributed by atoms with van der Waals surface area (Å²) < 4.78 is 7.36. The van der Waals surface area contributed by atoms with Gasteiger partial charge in [-0.2, -0.15) is 0 Å². The number of aromatic nitrogens is 2. The highest BCUT2D eigenvalue weighted by atomic mass is 16.5. The van der Waals surface area contributed by atoms with Gasteiger partial charge in [-0.05, 0) is 25.0 Å². The summed E-state index contributed by atoms with van der Waals surface area (Å²) in [5, 5.41) is 5.37. The summed E-state index contributed by atoms with van der Waals surface area (Å²) in [6.45, 7) is 3.30. The van der Waals surface area contributed by atoms with Crippen LogP contribution < -0.4 is 16.4 Å². The SMILES string of the molecule is CN(C)C(=O)C(c1ccccc1)n1cnc(NC(=O)C(COCc2ccccc2)NC(=O)C(C)(C)N)c1. The summed E-state index contributed by atoms with van der Waals surface area (Å²) in [5.41, 5.74) is 6.44. The van der Waals surface area contributed by atoms with Gasteiger partial charge in [0.2, 0.25) is 11.8 Å². The molecule has 2 aromatic carbocycles. The minimum absolute atomic E-state index is 0.0744. The second-order valence-corrected chi connectivity index (χ2v) is 9.49. The second kappa shape index (κ2) is 12.3. The van der Waals surface area contributed by atoms with Crippen LogP contribution in [0.4, 0.5) is 5.82 Å². The molecule has 1 aromatic heterocycles. The molecule has 0 bridgehead atoms. The van der Waals surface area contributed by atoms with Crippen molar-refractivity contribution in [3.63, 3.8) is 0 Å². The number of hydrogen-bond acceptors (Lipinski definition) is 6. The molecule has 0 saturated carbocycles. The molecular formula is C27H34N6O4. The fraction of sp³-hybridized carbons (Fsp3) is 0.333. The molecule has 0 aliphatic rings. The first-order valence-corrected chi connectivity index (χ1v) is 11.9. The van der Waals surface area contributed by atoms with Crippen LogP contribution in [0.3, 0.4) is 0 Å². The smallest absolute Gasteiger partial charge is 0.250 e. The molecule has 10 heteroatoms. The molecule has 0 aliphatic carbocycles. The quantitative estimate of drug-likeness (QED) is 0.364. The second-order valence-electron chi connectivity index (χ2n) is 9.49. The van der Waals surface area contributed by atoms with Crippen LogP contribution in [-0.4, -0.2) is 64.5 Å². The molecule has 2 atom stereocenters. The van der Waals surface area contributed by atoms with E-state index >= 15 is 0 Å². The summed E-state index contributed by atoms with van der Waals surface area (Å²) in [7, 11) is 3.36. The van der Waals surface area contributed by atoms with Crippen LogP contribution >= 0.6 is 0 Å². The zero-order valence-electron chi connectivity index (χ0n) is 21.5. The highest BCUT2D eigenvalue weighted by molar-refractivity contribution is 5.98. The molecule has 0 saturated heterocycles. The molecule has 4 N–H and O–H groups in total. The van der Waals surface area contributed by atoms with Crippen molar-refractivity contribution in [2.24, 2.45) is 5.73 Å². The van der Waals surface area contributed by atoms with Crippen molar-refractivity contribution >= 4 is 23.5 Å². The van der Waals surface area contributed by atoms with Gasteiger partial charge in [0.1, 0.15) is 12.1 Å². The van der Waals surface area contributed by atoms with Crippen molar-refractivity contribution < 1.29 is 19.1 Å². The first-order valence-electron chi connectivity index (χ1n) is 11.9. The third-order valence-electron chi connectivity index (χ3n) is 5.54. The van der Waals surface area contributed by atoms with Gasteiger partial charge in [0.05, 0.1) is 25.1 Å². The van der Waals surface area contributed by atoms with Crippen molar-refractivity contribution in [1.29, 1.82) is 0 Å². The number of hydrogen-bond donors (Lipinski definition) is 3. The Labute approximate surface area is 216 Å². The number of carbonyl (C=O) groups excluding carboxylic acids is 3. The maximum atomic E-state index is 13.1. The van der Waals surface area contributed by atoms with Gasteiger partial charge in [-0.1, -0.05) is 60.7 Å². The van der Waals surface area contributed by atoms with Crippen LogP contribution in [0.2, 0.25) is 0 Å². The molecule has 0 spiro atoms. The van der Waals surface area contributed by atoms with Crippen LogP contribution in [-0.2, 0) is 25.7 Å². The Bertz CT molecular complexity index is 1190. The molecule has 1 heterocycles. The van der Waals surface area contributed by atoms with Gasteiger partial charge in [-0.3, -0.25) is 14.4 Å². The Balaban J connectivity index is 1.75. The number of nitrogens with one attached hydrogen (secondary N) is 2. The Morgan fingerprint density at radius 2 is 1.68 bits per heavy atom. The number of rotatable bonds is 11. The molecule has 3 aromatic rings. The molecule has 3 rings (SSSR count). The molecule has 2 unspecified atom stereocenters. The molecule has 0 radical (unpaired) electrons. The third-order valence-corrected chi connectivity index (χ3v) is 5.54. The molecular weight excluding hydrogens is 472 g/mol. The van der Waals surface area contributed by atoms with Gasteiger partial charge in [-0.15, -0.1) is 0 Å². The number of carbonyl (C=O) groups is 3. The summed E-state index contributed by atoms with van der Waals surface area (Å²) in [5.74, 6) is -0.939. The minimum atomic E-state index is -1.19. The molecule has 0 aliphatic heterocycles. The van der Waals surface area contributed by atoms with E-state index in [4.69, 9.17) is 10.5 Å². The molecule has 10 nitrogen and oxygen atoms in total. The fourth-order valence-corrected chi connectivity index (χ4v) is 3.47. The topological polar surface area (TPSA) is 132 Å². The number of anilines is 1. The minimum Gasteiger partial charge on any atom is -0.374 e. The maximum Gasteiger partial charge on any atom is 0.250 e. The average Bonchev–Trinajstić information content (AvgIpc) is 3.31. The van der Waals surface area contributed by atoms with E-state index in [1.165, 1.54) is 11.2 Å². The lowest BCUT2D eigenvalue weighted by molar-refractivity contribution is -0.131. The van der Waals surface area contributed by atoms with Crippen LogP contribution in [0.5, 0.6) is 0 Å². The van der Waals surface area contributed by atoms with E-state index in [9.17, 15) is 14.4 Å². The monoisotopic (exact) mass is 506 g/mol. The molecule has 196 valence electrons. The number of ether oxygens (including phenoxy) is 1. The number of nitrogens with two attached hydrogens (primary N) is 1. The number of likely N-dealkylation sites (N-methyl/N-ethyl adjacent to an activating group) is 1. The van der Waals surface area contributed by atoms with E-state index in [0.29, 0.717) is 0 Å². The first kappa shape index (κ1) is 27.6.